The summed E-state index contributed by atoms with van der Waals surface area (Å²) in [5.74, 6) is 0. The number of aromatic nitrogens is 2. The van der Waals surface area contributed by atoms with Gasteiger partial charge in [0.1, 0.15) is 0 Å². The van der Waals surface area contributed by atoms with Gasteiger partial charge in [0, 0.05) is 30.5 Å². The van der Waals surface area contributed by atoms with Gasteiger partial charge < -0.3 is 9.47 Å². The van der Waals surface area contributed by atoms with E-state index >= 15 is 0 Å². The number of nitro benzene ring substituents is 1. The van der Waals surface area contributed by atoms with Gasteiger partial charge in [0.05, 0.1) is 24.3 Å². The minimum Gasteiger partial charge on any atom is -0.353 e. The Hall–Kier alpha value is -2.25. The quantitative estimate of drug-likeness (QED) is 0.604. The minimum absolute atomic E-state index is 0.0852. The zero-order chi connectivity index (χ0) is 16.1. The molecule has 0 bridgehead atoms. The molecule has 0 N–H and O–H groups in total. The van der Waals surface area contributed by atoms with E-state index in [2.05, 4.69) is 5.10 Å². The topological polar surface area (TPSA) is 79.4 Å². The molecule has 1 saturated heterocycles. The fourth-order valence-corrected chi connectivity index (χ4v) is 2.53. The zero-order valence-electron chi connectivity index (χ0n) is 12.8. The summed E-state index contributed by atoms with van der Waals surface area (Å²) >= 11 is 0. The summed E-state index contributed by atoms with van der Waals surface area (Å²) in [7, 11) is 0. The number of ether oxygens (including phenoxy) is 2. The third kappa shape index (κ3) is 4.14. The molecule has 1 aliphatic heterocycles. The molecule has 1 aliphatic rings. The van der Waals surface area contributed by atoms with Crippen LogP contribution in [0.3, 0.4) is 0 Å². The van der Waals surface area contributed by atoms with E-state index in [1.807, 2.05) is 6.20 Å². The van der Waals surface area contributed by atoms with E-state index in [4.69, 9.17) is 9.47 Å². The van der Waals surface area contributed by atoms with Crippen LogP contribution in [-0.2, 0) is 16.0 Å². The number of hydrogen-bond donors (Lipinski definition) is 0. The molecule has 1 fully saturated rings. The van der Waals surface area contributed by atoms with Crippen molar-refractivity contribution in [3.8, 4) is 11.1 Å². The molecular weight excluding hydrogens is 298 g/mol. The summed E-state index contributed by atoms with van der Waals surface area (Å²) < 4.78 is 13.0. The van der Waals surface area contributed by atoms with Crippen LogP contribution < -0.4 is 0 Å². The Labute approximate surface area is 134 Å². The second-order valence-corrected chi connectivity index (χ2v) is 5.46. The van der Waals surface area contributed by atoms with E-state index < -0.39 is 4.92 Å². The van der Waals surface area contributed by atoms with E-state index in [1.165, 1.54) is 12.1 Å². The van der Waals surface area contributed by atoms with E-state index in [0.717, 1.165) is 37.0 Å². The highest BCUT2D eigenvalue weighted by Crippen LogP contribution is 2.21. The second kappa shape index (κ2) is 7.34. The molecule has 1 atom stereocenters. The average Bonchev–Trinajstić information content (AvgIpc) is 3.05. The zero-order valence-corrected chi connectivity index (χ0v) is 12.8. The number of nitrogens with zero attached hydrogens (tertiary/aromatic N) is 3. The monoisotopic (exact) mass is 317 g/mol. The Kier molecular flexibility index (Phi) is 4.99. The van der Waals surface area contributed by atoms with Gasteiger partial charge in [0.25, 0.3) is 5.69 Å². The maximum atomic E-state index is 10.7. The summed E-state index contributed by atoms with van der Waals surface area (Å²) in [6.45, 7) is 1.97. The molecule has 2 heterocycles. The van der Waals surface area contributed by atoms with Crippen molar-refractivity contribution in [1.29, 1.82) is 0 Å². The maximum Gasteiger partial charge on any atom is 0.269 e. The van der Waals surface area contributed by atoms with Crippen molar-refractivity contribution in [3.63, 3.8) is 0 Å². The minimum atomic E-state index is -0.405. The van der Waals surface area contributed by atoms with E-state index in [-0.39, 0.29) is 12.0 Å². The van der Waals surface area contributed by atoms with Gasteiger partial charge in [-0.1, -0.05) is 0 Å². The van der Waals surface area contributed by atoms with Gasteiger partial charge >= 0.3 is 0 Å². The van der Waals surface area contributed by atoms with Crippen molar-refractivity contribution in [1.82, 2.24) is 9.78 Å². The SMILES string of the molecule is O=[N+]([O-])c1ccc(-c2cnn(CCO[C@@H]3CCCCO3)c2)cc1. The van der Waals surface area contributed by atoms with Gasteiger partial charge in [0.15, 0.2) is 6.29 Å². The van der Waals surface area contributed by atoms with Crippen molar-refractivity contribution in [2.45, 2.75) is 32.1 Å². The lowest BCUT2D eigenvalue weighted by molar-refractivity contribution is -0.384. The predicted octanol–water partition coefficient (Wildman–Crippen LogP) is 3.00. The van der Waals surface area contributed by atoms with Crippen molar-refractivity contribution < 1.29 is 14.4 Å². The Bertz CT molecular complexity index is 648. The molecule has 0 aliphatic carbocycles. The van der Waals surface area contributed by atoms with Gasteiger partial charge in [-0.05, 0) is 37.0 Å². The second-order valence-electron chi connectivity index (χ2n) is 5.46. The van der Waals surface area contributed by atoms with E-state index in [1.54, 1.807) is 23.0 Å². The van der Waals surface area contributed by atoms with Crippen LogP contribution in [-0.4, -0.2) is 34.2 Å². The molecule has 0 unspecified atom stereocenters. The molecule has 1 aromatic carbocycles. The highest BCUT2D eigenvalue weighted by atomic mass is 16.7. The lowest BCUT2D eigenvalue weighted by Gasteiger charge is -2.22. The predicted molar refractivity (Wildman–Crippen MR) is 83.9 cm³/mol. The van der Waals surface area contributed by atoms with E-state index in [0.29, 0.717) is 13.2 Å². The number of benzene rings is 1. The van der Waals surface area contributed by atoms with E-state index in [9.17, 15) is 10.1 Å². The van der Waals surface area contributed by atoms with Gasteiger partial charge in [-0.25, -0.2) is 0 Å². The lowest BCUT2D eigenvalue weighted by atomic mass is 10.1. The van der Waals surface area contributed by atoms with Crippen molar-refractivity contribution in [3.05, 3.63) is 46.8 Å². The number of non-ortho nitro benzene ring substituents is 1. The van der Waals surface area contributed by atoms with Gasteiger partial charge in [-0.2, -0.15) is 5.10 Å². The van der Waals surface area contributed by atoms with Gasteiger partial charge in [-0.3, -0.25) is 14.8 Å². The molecule has 1 aromatic heterocycles. The van der Waals surface area contributed by atoms with Gasteiger partial charge in [-0.15, -0.1) is 0 Å². The van der Waals surface area contributed by atoms with Crippen LogP contribution in [0.2, 0.25) is 0 Å². The normalized spacial score (nSPS) is 18.0. The van der Waals surface area contributed by atoms with Crippen molar-refractivity contribution in [2.24, 2.45) is 0 Å². The smallest absolute Gasteiger partial charge is 0.269 e. The highest BCUT2D eigenvalue weighted by molar-refractivity contribution is 5.63. The Morgan fingerprint density at radius 2 is 2.13 bits per heavy atom. The fourth-order valence-electron chi connectivity index (χ4n) is 2.53. The average molecular weight is 317 g/mol. The molecular formula is C16H19N3O4. The van der Waals surface area contributed by atoms with Gasteiger partial charge in [0.2, 0.25) is 0 Å². The third-order valence-corrected chi connectivity index (χ3v) is 3.81. The fraction of sp³-hybridized carbons (Fsp3) is 0.438. The molecule has 122 valence electrons. The van der Waals surface area contributed by atoms with Crippen LogP contribution in [0.25, 0.3) is 11.1 Å². The first kappa shape index (κ1) is 15.6. The summed E-state index contributed by atoms with van der Waals surface area (Å²) in [6.07, 6.45) is 6.78. The summed E-state index contributed by atoms with van der Waals surface area (Å²) in [5.41, 5.74) is 1.91. The molecule has 23 heavy (non-hydrogen) atoms. The molecule has 0 amide bonds. The molecule has 0 spiro atoms. The summed E-state index contributed by atoms with van der Waals surface area (Å²) in [5, 5.41) is 15.0. The summed E-state index contributed by atoms with van der Waals surface area (Å²) in [6, 6.07) is 6.45. The maximum absolute atomic E-state index is 10.7. The first-order chi connectivity index (χ1) is 11.2. The number of rotatable bonds is 6. The van der Waals surface area contributed by atoms with Crippen LogP contribution in [0.1, 0.15) is 19.3 Å². The highest BCUT2D eigenvalue weighted by Gasteiger charge is 2.13. The first-order valence-electron chi connectivity index (χ1n) is 7.73. The molecule has 0 radical (unpaired) electrons. The Morgan fingerprint density at radius 1 is 1.30 bits per heavy atom. The van der Waals surface area contributed by atoms with Crippen molar-refractivity contribution >= 4 is 5.69 Å². The number of hydrogen-bond acceptors (Lipinski definition) is 5. The standard InChI is InChI=1S/C16H19N3O4/c20-19(21)15-6-4-13(5-7-15)14-11-17-18(12-14)8-10-23-16-3-1-2-9-22-16/h4-7,11-12,16H,1-3,8-10H2/t16-/m1/s1. The third-order valence-electron chi connectivity index (χ3n) is 3.81. The summed E-state index contributed by atoms with van der Waals surface area (Å²) in [4.78, 5) is 10.3. The Morgan fingerprint density at radius 3 is 2.83 bits per heavy atom. The first-order valence-corrected chi connectivity index (χ1v) is 7.73. The molecule has 2 aromatic rings. The Balaban J connectivity index is 1.54. The lowest BCUT2D eigenvalue weighted by Crippen LogP contribution is -2.24. The largest absolute Gasteiger partial charge is 0.353 e. The number of nitro groups is 1. The van der Waals surface area contributed by atoms with Crippen LogP contribution in [0.4, 0.5) is 5.69 Å². The van der Waals surface area contributed by atoms with Crippen molar-refractivity contribution in [2.75, 3.05) is 13.2 Å². The molecule has 0 saturated carbocycles. The van der Waals surface area contributed by atoms with Crippen LogP contribution >= 0.6 is 0 Å². The molecule has 7 nitrogen and oxygen atoms in total. The van der Waals surface area contributed by atoms with Crippen LogP contribution in [0.15, 0.2) is 36.7 Å². The molecule has 3 rings (SSSR count). The molecule has 7 heteroatoms. The van der Waals surface area contributed by atoms with Crippen LogP contribution in [0, 0.1) is 10.1 Å². The van der Waals surface area contributed by atoms with Crippen LogP contribution in [0.5, 0.6) is 0 Å².